The van der Waals surface area contributed by atoms with E-state index in [1.54, 1.807) is 12.1 Å². The molecule has 1 aromatic rings. The zero-order valence-electron chi connectivity index (χ0n) is 12.2. The van der Waals surface area contributed by atoms with E-state index in [-0.39, 0.29) is 18.6 Å². The van der Waals surface area contributed by atoms with Gasteiger partial charge in [0.1, 0.15) is 6.10 Å². The Labute approximate surface area is 123 Å². The van der Waals surface area contributed by atoms with Gasteiger partial charge in [0.2, 0.25) is 5.88 Å². The third-order valence-electron chi connectivity index (χ3n) is 3.13. The van der Waals surface area contributed by atoms with Gasteiger partial charge in [-0.25, -0.2) is 4.98 Å². The molecule has 1 amide bonds. The molecule has 1 aromatic heterocycles. The maximum absolute atomic E-state index is 11.9. The SMILES string of the molecule is COC(CNC(=O)c1ccc(O[C@H]2CCOC2)nc1)OC. The monoisotopic (exact) mass is 296 g/mol. The van der Waals surface area contributed by atoms with Crippen molar-refractivity contribution in [3.63, 3.8) is 0 Å². The number of pyridine rings is 1. The highest BCUT2D eigenvalue weighted by molar-refractivity contribution is 5.93. The fourth-order valence-electron chi connectivity index (χ4n) is 1.90. The van der Waals surface area contributed by atoms with Crippen molar-refractivity contribution in [2.75, 3.05) is 34.0 Å². The third kappa shape index (κ3) is 4.66. The normalized spacial score (nSPS) is 18.0. The van der Waals surface area contributed by atoms with Gasteiger partial charge in [-0.2, -0.15) is 0 Å². The van der Waals surface area contributed by atoms with Gasteiger partial charge in [-0.3, -0.25) is 4.79 Å². The summed E-state index contributed by atoms with van der Waals surface area (Å²) in [6.45, 7) is 1.56. The molecule has 2 rings (SSSR count). The number of methoxy groups -OCH3 is 2. The van der Waals surface area contributed by atoms with Crippen molar-refractivity contribution in [1.29, 1.82) is 0 Å². The smallest absolute Gasteiger partial charge is 0.253 e. The zero-order valence-corrected chi connectivity index (χ0v) is 12.2. The minimum Gasteiger partial charge on any atom is -0.472 e. The summed E-state index contributed by atoms with van der Waals surface area (Å²) in [4.78, 5) is 16.0. The van der Waals surface area contributed by atoms with Gasteiger partial charge < -0.3 is 24.3 Å². The first-order valence-corrected chi connectivity index (χ1v) is 6.77. The van der Waals surface area contributed by atoms with E-state index in [2.05, 4.69) is 10.3 Å². The van der Waals surface area contributed by atoms with Crippen molar-refractivity contribution in [3.05, 3.63) is 23.9 Å². The molecule has 1 saturated heterocycles. The molecule has 0 bridgehead atoms. The summed E-state index contributed by atoms with van der Waals surface area (Å²) in [5, 5.41) is 2.70. The van der Waals surface area contributed by atoms with Crippen molar-refractivity contribution >= 4 is 5.91 Å². The lowest BCUT2D eigenvalue weighted by atomic mass is 10.2. The summed E-state index contributed by atoms with van der Waals surface area (Å²) in [7, 11) is 3.03. The Bertz CT molecular complexity index is 441. The molecule has 0 unspecified atom stereocenters. The number of amides is 1. The van der Waals surface area contributed by atoms with Gasteiger partial charge in [0.05, 0.1) is 25.3 Å². The second-order valence-electron chi connectivity index (χ2n) is 4.60. The van der Waals surface area contributed by atoms with Gasteiger partial charge in [0, 0.05) is 32.9 Å². The number of nitrogens with zero attached hydrogens (tertiary/aromatic N) is 1. The zero-order chi connectivity index (χ0) is 15.1. The van der Waals surface area contributed by atoms with Crippen LogP contribution in [-0.2, 0) is 14.2 Å². The van der Waals surface area contributed by atoms with Crippen LogP contribution < -0.4 is 10.1 Å². The van der Waals surface area contributed by atoms with Crippen molar-refractivity contribution in [2.45, 2.75) is 18.8 Å². The third-order valence-corrected chi connectivity index (χ3v) is 3.13. The lowest BCUT2D eigenvalue weighted by Gasteiger charge is -2.14. The number of carbonyl (C=O) groups excluding carboxylic acids is 1. The summed E-state index contributed by atoms with van der Waals surface area (Å²) >= 11 is 0. The first-order valence-electron chi connectivity index (χ1n) is 6.77. The predicted molar refractivity (Wildman–Crippen MR) is 74.2 cm³/mol. The molecule has 0 aromatic carbocycles. The average molecular weight is 296 g/mol. The number of hydrogen-bond acceptors (Lipinski definition) is 6. The molecular formula is C14H20N2O5. The number of ether oxygens (including phenoxy) is 4. The molecular weight excluding hydrogens is 276 g/mol. The first-order chi connectivity index (χ1) is 10.2. The Morgan fingerprint density at radius 3 is 2.86 bits per heavy atom. The van der Waals surface area contributed by atoms with E-state index in [1.807, 2.05) is 0 Å². The molecule has 2 heterocycles. The van der Waals surface area contributed by atoms with E-state index in [4.69, 9.17) is 18.9 Å². The summed E-state index contributed by atoms with van der Waals surface area (Å²) in [6.07, 6.45) is 1.92. The van der Waals surface area contributed by atoms with Crippen LogP contribution in [0.3, 0.4) is 0 Å². The van der Waals surface area contributed by atoms with E-state index in [9.17, 15) is 4.79 Å². The fraction of sp³-hybridized carbons (Fsp3) is 0.571. The summed E-state index contributed by atoms with van der Waals surface area (Å²) in [5.41, 5.74) is 0.455. The largest absolute Gasteiger partial charge is 0.472 e. The Morgan fingerprint density at radius 2 is 2.29 bits per heavy atom. The predicted octanol–water partition coefficient (Wildman–Crippen LogP) is 0.598. The number of aromatic nitrogens is 1. The Morgan fingerprint density at radius 1 is 1.48 bits per heavy atom. The maximum Gasteiger partial charge on any atom is 0.253 e. The molecule has 1 atom stereocenters. The van der Waals surface area contributed by atoms with Crippen LogP contribution in [0.15, 0.2) is 18.3 Å². The molecule has 0 spiro atoms. The Hall–Kier alpha value is -1.70. The molecule has 0 aliphatic carbocycles. The molecule has 1 N–H and O–H groups in total. The van der Waals surface area contributed by atoms with Crippen LogP contribution in [0.5, 0.6) is 5.88 Å². The van der Waals surface area contributed by atoms with Crippen molar-refractivity contribution < 1.29 is 23.7 Å². The summed E-state index contributed by atoms with van der Waals surface area (Å²) < 4.78 is 20.9. The molecule has 1 aliphatic heterocycles. The van der Waals surface area contributed by atoms with E-state index < -0.39 is 6.29 Å². The molecule has 116 valence electrons. The van der Waals surface area contributed by atoms with Crippen molar-refractivity contribution in [3.8, 4) is 5.88 Å². The molecule has 1 aliphatic rings. The topological polar surface area (TPSA) is 78.9 Å². The lowest BCUT2D eigenvalue weighted by molar-refractivity contribution is -0.0974. The van der Waals surface area contributed by atoms with Gasteiger partial charge in [0.25, 0.3) is 5.91 Å². The summed E-state index contributed by atoms with van der Waals surface area (Å²) in [6, 6.07) is 3.35. The standard InChI is InChI=1S/C14H20N2O5/c1-18-13(19-2)8-16-14(17)10-3-4-12(15-7-10)21-11-5-6-20-9-11/h3-4,7,11,13H,5-6,8-9H2,1-2H3,(H,16,17)/t11-/m0/s1. The summed E-state index contributed by atoms with van der Waals surface area (Å²) in [5.74, 6) is 0.256. The average Bonchev–Trinajstić information content (AvgIpc) is 3.02. The lowest BCUT2D eigenvalue weighted by Crippen LogP contribution is -2.34. The van der Waals surface area contributed by atoms with Crippen LogP contribution in [0.2, 0.25) is 0 Å². The van der Waals surface area contributed by atoms with Crippen LogP contribution in [0.4, 0.5) is 0 Å². The van der Waals surface area contributed by atoms with Crippen LogP contribution in [-0.4, -0.2) is 57.3 Å². The van der Waals surface area contributed by atoms with Gasteiger partial charge in [-0.05, 0) is 6.07 Å². The highest BCUT2D eigenvalue weighted by Gasteiger charge is 2.18. The van der Waals surface area contributed by atoms with Crippen LogP contribution in [0.25, 0.3) is 0 Å². The number of rotatable bonds is 7. The van der Waals surface area contributed by atoms with Gasteiger partial charge in [-0.15, -0.1) is 0 Å². The first kappa shape index (κ1) is 15.7. The van der Waals surface area contributed by atoms with E-state index in [0.29, 0.717) is 24.7 Å². The quantitative estimate of drug-likeness (QED) is 0.742. The van der Waals surface area contributed by atoms with Crippen LogP contribution in [0.1, 0.15) is 16.8 Å². The van der Waals surface area contributed by atoms with Crippen molar-refractivity contribution in [1.82, 2.24) is 10.3 Å². The van der Waals surface area contributed by atoms with Gasteiger partial charge in [0.15, 0.2) is 6.29 Å². The number of nitrogens with one attached hydrogen (secondary N) is 1. The highest BCUT2D eigenvalue weighted by Crippen LogP contribution is 2.14. The van der Waals surface area contributed by atoms with E-state index in [1.165, 1.54) is 20.4 Å². The van der Waals surface area contributed by atoms with Crippen LogP contribution in [0, 0.1) is 0 Å². The second kappa shape index (κ2) is 7.92. The number of hydrogen-bond donors (Lipinski definition) is 1. The maximum atomic E-state index is 11.9. The fourth-order valence-corrected chi connectivity index (χ4v) is 1.90. The van der Waals surface area contributed by atoms with Gasteiger partial charge in [-0.1, -0.05) is 0 Å². The van der Waals surface area contributed by atoms with Crippen LogP contribution >= 0.6 is 0 Å². The molecule has 0 saturated carbocycles. The Balaban J connectivity index is 1.84. The van der Waals surface area contributed by atoms with Crippen molar-refractivity contribution in [2.24, 2.45) is 0 Å². The minimum absolute atomic E-state index is 0.0429. The van der Waals surface area contributed by atoms with E-state index in [0.717, 1.165) is 6.42 Å². The molecule has 7 heteroatoms. The minimum atomic E-state index is -0.466. The molecule has 21 heavy (non-hydrogen) atoms. The van der Waals surface area contributed by atoms with Gasteiger partial charge >= 0.3 is 0 Å². The van der Waals surface area contributed by atoms with E-state index >= 15 is 0 Å². The molecule has 1 fully saturated rings. The Kier molecular flexibility index (Phi) is 5.91. The highest BCUT2D eigenvalue weighted by atomic mass is 16.7. The molecule has 0 radical (unpaired) electrons. The second-order valence-corrected chi connectivity index (χ2v) is 4.60. The molecule has 7 nitrogen and oxygen atoms in total. The number of carbonyl (C=O) groups is 1.